The SMILES string of the molecule is Cc1ccc(NC(=S)N(CCCN2CCC[C@@H](C)C2)Cc2cccs2)cc1. The molecule has 0 spiro atoms. The highest BCUT2D eigenvalue weighted by Gasteiger charge is 2.17. The van der Waals surface area contributed by atoms with Gasteiger partial charge in [0.05, 0.1) is 6.54 Å². The first-order chi connectivity index (χ1) is 13.1. The number of anilines is 1. The van der Waals surface area contributed by atoms with Crippen LogP contribution in [0.3, 0.4) is 0 Å². The molecule has 1 saturated heterocycles. The van der Waals surface area contributed by atoms with E-state index in [1.807, 2.05) is 0 Å². The summed E-state index contributed by atoms with van der Waals surface area (Å²) in [6, 6.07) is 12.7. The number of nitrogens with zero attached hydrogens (tertiary/aromatic N) is 2. The molecule has 1 aliphatic heterocycles. The molecular formula is C22H31N3S2. The number of hydrogen-bond donors (Lipinski definition) is 1. The summed E-state index contributed by atoms with van der Waals surface area (Å²) >= 11 is 7.56. The first-order valence-corrected chi connectivity index (χ1v) is 11.3. The number of aryl methyl sites for hydroxylation is 1. The van der Waals surface area contributed by atoms with Crippen LogP contribution in [0.25, 0.3) is 0 Å². The third-order valence-electron chi connectivity index (χ3n) is 5.16. The molecule has 3 rings (SSSR count). The van der Waals surface area contributed by atoms with Gasteiger partial charge in [0, 0.05) is 23.7 Å². The van der Waals surface area contributed by atoms with E-state index in [0.29, 0.717) is 0 Å². The molecule has 1 aromatic carbocycles. The zero-order chi connectivity index (χ0) is 19.1. The fraction of sp³-hybridized carbons (Fsp3) is 0.500. The molecular weight excluding hydrogens is 370 g/mol. The Morgan fingerprint density at radius 2 is 2.11 bits per heavy atom. The number of nitrogens with one attached hydrogen (secondary N) is 1. The van der Waals surface area contributed by atoms with Gasteiger partial charge >= 0.3 is 0 Å². The fourth-order valence-electron chi connectivity index (χ4n) is 3.66. The lowest BCUT2D eigenvalue weighted by molar-refractivity contribution is 0.177. The van der Waals surface area contributed by atoms with Gasteiger partial charge in [-0.15, -0.1) is 11.3 Å². The van der Waals surface area contributed by atoms with Crippen LogP contribution in [0.4, 0.5) is 5.69 Å². The summed E-state index contributed by atoms with van der Waals surface area (Å²) in [6.45, 7) is 10.0. The van der Waals surface area contributed by atoms with Crippen molar-refractivity contribution >= 4 is 34.4 Å². The molecule has 27 heavy (non-hydrogen) atoms. The molecule has 1 aromatic heterocycles. The number of thiophene rings is 1. The zero-order valence-electron chi connectivity index (χ0n) is 16.5. The molecule has 0 bridgehead atoms. The van der Waals surface area contributed by atoms with E-state index in [2.05, 4.69) is 70.7 Å². The molecule has 2 aromatic rings. The van der Waals surface area contributed by atoms with Crippen LogP contribution in [0, 0.1) is 12.8 Å². The maximum atomic E-state index is 5.76. The fourth-order valence-corrected chi connectivity index (χ4v) is 4.65. The Labute approximate surface area is 173 Å². The maximum absolute atomic E-state index is 5.76. The smallest absolute Gasteiger partial charge is 0.173 e. The average Bonchev–Trinajstić information content (AvgIpc) is 3.16. The van der Waals surface area contributed by atoms with Gasteiger partial charge in [-0.1, -0.05) is 30.7 Å². The van der Waals surface area contributed by atoms with Gasteiger partial charge in [0.2, 0.25) is 0 Å². The Morgan fingerprint density at radius 1 is 1.30 bits per heavy atom. The normalized spacial score (nSPS) is 17.6. The second-order valence-corrected chi connectivity index (χ2v) is 9.12. The van der Waals surface area contributed by atoms with Gasteiger partial charge in [0.15, 0.2) is 5.11 Å². The summed E-state index contributed by atoms with van der Waals surface area (Å²) in [5.41, 5.74) is 2.32. The van der Waals surface area contributed by atoms with E-state index in [9.17, 15) is 0 Å². The number of rotatable bonds is 7. The molecule has 146 valence electrons. The van der Waals surface area contributed by atoms with Crippen molar-refractivity contribution in [1.29, 1.82) is 0 Å². The van der Waals surface area contributed by atoms with Gasteiger partial charge in [-0.25, -0.2) is 0 Å². The van der Waals surface area contributed by atoms with Crippen molar-refractivity contribution in [3.8, 4) is 0 Å². The van der Waals surface area contributed by atoms with Gasteiger partial charge in [-0.2, -0.15) is 0 Å². The van der Waals surface area contributed by atoms with Crippen LogP contribution in [0.5, 0.6) is 0 Å². The van der Waals surface area contributed by atoms with Crippen molar-refractivity contribution in [3.05, 3.63) is 52.2 Å². The van der Waals surface area contributed by atoms with Gasteiger partial charge < -0.3 is 15.1 Å². The summed E-state index contributed by atoms with van der Waals surface area (Å²) in [4.78, 5) is 6.29. The van der Waals surface area contributed by atoms with Crippen molar-refractivity contribution in [2.75, 3.05) is 31.5 Å². The van der Waals surface area contributed by atoms with E-state index >= 15 is 0 Å². The zero-order valence-corrected chi connectivity index (χ0v) is 18.1. The van der Waals surface area contributed by atoms with Crippen LogP contribution < -0.4 is 5.32 Å². The third kappa shape index (κ3) is 6.59. The third-order valence-corrected chi connectivity index (χ3v) is 6.38. The number of hydrogen-bond acceptors (Lipinski definition) is 3. The number of likely N-dealkylation sites (tertiary alicyclic amines) is 1. The second kappa shape index (κ2) is 10.2. The lowest BCUT2D eigenvalue weighted by Gasteiger charge is -2.32. The quantitative estimate of drug-likeness (QED) is 0.628. The number of thiocarbonyl (C=S) groups is 1. The molecule has 2 heterocycles. The lowest BCUT2D eigenvalue weighted by Crippen LogP contribution is -2.39. The molecule has 1 atom stereocenters. The number of piperidine rings is 1. The second-order valence-electron chi connectivity index (χ2n) is 7.70. The first kappa shape index (κ1) is 20.3. The highest BCUT2D eigenvalue weighted by atomic mass is 32.1. The van der Waals surface area contributed by atoms with E-state index in [1.54, 1.807) is 11.3 Å². The van der Waals surface area contributed by atoms with Gasteiger partial charge in [-0.3, -0.25) is 0 Å². The Balaban J connectivity index is 1.56. The van der Waals surface area contributed by atoms with E-state index in [1.165, 1.54) is 42.9 Å². The predicted molar refractivity (Wildman–Crippen MR) is 122 cm³/mol. The first-order valence-electron chi connectivity index (χ1n) is 9.97. The molecule has 0 saturated carbocycles. The van der Waals surface area contributed by atoms with Crippen LogP contribution in [0.1, 0.15) is 36.6 Å². The molecule has 0 amide bonds. The topological polar surface area (TPSA) is 18.5 Å². The minimum Gasteiger partial charge on any atom is -0.344 e. The standard InChI is InChI=1S/C22H31N3S2/c1-18-8-10-20(11-9-18)23-22(26)25(17-21-7-4-15-27-21)14-5-13-24-12-3-6-19(2)16-24/h4,7-11,15,19H,3,5-6,12-14,16-17H2,1-2H3,(H,23,26)/t19-/m1/s1. The minimum absolute atomic E-state index is 0.819. The monoisotopic (exact) mass is 401 g/mol. The van der Waals surface area contributed by atoms with Gasteiger partial charge in [-0.05, 0) is 81.0 Å². The largest absolute Gasteiger partial charge is 0.344 e. The summed E-state index contributed by atoms with van der Waals surface area (Å²) in [7, 11) is 0. The van der Waals surface area contributed by atoms with Crippen molar-refractivity contribution in [1.82, 2.24) is 9.80 Å². The molecule has 3 nitrogen and oxygen atoms in total. The highest BCUT2D eigenvalue weighted by molar-refractivity contribution is 7.80. The Hall–Kier alpha value is -1.43. The van der Waals surface area contributed by atoms with Crippen molar-refractivity contribution in [3.63, 3.8) is 0 Å². The van der Waals surface area contributed by atoms with Crippen LogP contribution in [-0.4, -0.2) is 41.1 Å². The molecule has 0 radical (unpaired) electrons. The molecule has 0 aliphatic carbocycles. The molecule has 1 N–H and O–H groups in total. The average molecular weight is 402 g/mol. The summed E-state index contributed by atoms with van der Waals surface area (Å²) < 4.78 is 0. The van der Waals surface area contributed by atoms with E-state index in [0.717, 1.165) is 36.2 Å². The lowest BCUT2D eigenvalue weighted by atomic mass is 10.0. The Bertz CT molecular complexity index is 697. The van der Waals surface area contributed by atoms with E-state index in [4.69, 9.17) is 12.2 Å². The van der Waals surface area contributed by atoms with Crippen molar-refractivity contribution < 1.29 is 0 Å². The molecule has 1 aliphatic rings. The minimum atomic E-state index is 0.819. The van der Waals surface area contributed by atoms with E-state index in [-0.39, 0.29) is 0 Å². The van der Waals surface area contributed by atoms with Crippen LogP contribution >= 0.6 is 23.6 Å². The van der Waals surface area contributed by atoms with Crippen molar-refractivity contribution in [2.24, 2.45) is 5.92 Å². The van der Waals surface area contributed by atoms with Gasteiger partial charge in [0.1, 0.15) is 0 Å². The van der Waals surface area contributed by atoms with E-state index < -0.39 is 0 Å². The Kier molecular flexibility index (Phi) is 7.68. The summed E-state index contributed by atoms with van der Waals surface area (Å²) in [6.07, 6.45) is 3.87. The maximum Gasteiger partial charge on any atom is 0.173 e. The summed E-state index contributed by atoms with van der Waals surface area (Å²) in [5, 5.41) is 6.38. The van der Waals surface area contributed by atoms with Crippen LogP contribution in [0.15, 0.2) is 41.8 Å². The van der Waals surface area contributed by atoms with Crippen LogP contribution in [0.2, 0.25) is 0 Å². The predicted octanol–water partition coefficient (Wildman–Crippen LogP) is 5.38. The number of benzene rings is 1. The Morgan fingerprint density at radius 3 is 2.81 bits per heavy atom. The van der Waals surface area contributed by atoms with Crippen LogP contribution in [-0.2, 0) is 6.54 Å². The molecule has 5 heteroatoms. The summed E-state index contributed by atoms with van der Waals surface area (Å²) in [5.74, 6) is 0.838. The van der Waals surface area contributed by atoms with Crippen molar-refractivity contribution in [2.45, 2.75) is 39.7 Å². The van der Waals surface area contributed by atoms with Gasteiger partial charge in [0.25, 0.3) is 0 Å². The molecule has 1 fully saturated rings. The molecule has 0 unspecified atom stereocenters. The highest BCUT2D eigenvalue weighted by Crippen LogP contribution is 2.17.